The first-order chi connectivity index (χ1) is 12.4. The number of hydrogen-bond donors (Lipinski definition) is 2. The van der Waals surface area contributed by atoms with Gasteiger partial charge in [-0.2, -0.15) is 5.10 Å². The predicted octanol–water partition coefficient (Wildman–Crippen LogP) is 3.07. The Kier molecular flexibility index (Phi) is 7.25. The highest BCUT2D eigenvalue weighted by Crippen LogP contribution is 2.14. The summed E-state index contributed by atoms with van der Waals surface area (Å²) < 4.78 is 1.96. The van der Waals surface area contributed by atoms with Gasteiger partial charge in [-0.15, -0.1) is 0 Å². The van der Waals surface area contributed by atoms with Crippen molar-refractivity contribution in [3.05, 3.63) is 52.3 Å². The Morgan fingerprint density at radius 2 is 1.88 bits per heavy atom. The molecule has 5 nitrogen and oxygen atoms in total. The summed E-state index contributed by atoms with van der Waals surface area (Å²) in [6.45, 7) is 12.2. The highest BCUT2D eigenvalue weighted by molar-refractivity contribution is 5.80. The molecule has 0 saturated heterocycles. The van der Waals surface area contributed by atoms with Crippen LogP contribution in [0.25, 0.3) is 0 Å². The van der Waals surface area contributed by atoms with Crippen LogP contribution in [0.3, 0.4) is 0 Å². The van der Waals surface area contributed by atoms with Crippen LogP contribution >= 0.6 is 0 Å². The molecule has 0 aliphatic rings. The summed E-state index contributed by atoms with van der Waals surface area (Å²) in [4.78, 5) is 4.74. The van der Waals surface area contributed by atoms with Gasteiger partial charge in [-0.3, -0.25) is 9.67 Å². The summed E-state index contributed by atoms with van der Waals surface area (Å²) in [6.07, 6.45) is 1.89. The number of nitrogens with one attached hydrogen (secondary N) is 2. The normalized spacial score (nSPS) is 12.9. The first kappa shape index (κ1) is 20.0. The Labute approximate surface area is 157 Å². The Hall–Kier alpha value is -2.30. The molecule has 0 radical (unpaired) electrons. The van der Waals surface area contributed by atoms with E-state index in [-0.39, 0.29) is 6.04 Å². The van der Waals surface area contributed by atoms with Crippen LogP contribution in [0.1, 0.15) is 41.9 Å². The summed E-state index contributed by atoms with van der Waals surface area (Å²) in [5.74, 6) is 0.881. The first-order valence-electron chi connectivity index (χ1n) is 9.50. The van der Waals surface area contributed by atoms with Crippen LogP contribution in [0.15, 0.2) is 29.3 Å². The van der Waals surface area contributed by atoms with Gasteiger partial charge in [-0.1, -0.05) is 29.8 Å². The standard InChI is InChI=1S/C21H33N5/c1-7-22-21(23-13-12-19-10-8-15(2)9-11-19)24-16(3)14-20-17(4)25-26(6)18(20)5/h8-11,16H,7,12-14H2,1-6H3,(H2,22,23,24). The molecule has 0 aliphatic heterocycles. The Morgan fingerprint density at radius 1 is 1.19 bits per heavy atom. The molecule has 1 unspecified atom stereocenters. The van der Waals surface area contributed by atoms with E-state index in [0.717, 1.165) is 37.6 Å². The van der Waals surface area contributed by atoms with Crippen LogP contribution in [0.5, 0.6) is 0 Å². The summed E-state index contributed by atoms with van der Waals surface area (Å²) in [5, 5.41) is 11.4. The molecule has 0 fully saturated rings. The molecule has 0 spiro atoms. The van der Waals surface area contributed by atoms with Gasteiger partial charge in [0.25, 0.3) is 0 Å². The number of aromatic nitrogens is 2. The van der Waals surface area contributed by atoms with E-state index in [1.807, 2.05) is 11.7 Å². The van der Waals surface area contributed by atoms with Crippen LogP contribution in [0.2, 0.25) is 0 Å². The monoisotopic (exact) mass is 355 g/mol. The predicted molar refractivity (Wildman–Crippen MR) is 110 cm³/mol. The quantitative estimate of drug-likeness (QED) is 0.593. The second-order valence-electron chi connectivity index (χ2n) is 7.02. The van der Waals surface area contributed by atoms with E-state index in [1.165, 1.54) is 22.4 Å². The first-order valence-corrected chi connectivity index (χ1v) is 9.50. The van der Waals surface area contributed by atoms with Crippen molar-refractivity contribution in [2.75, 3.05) is 13.1 Å². The van der Waals surface area contributed by atoms with Gasteiger partial charge < -0.3 is 10.6 Å². The highest BCUT2D eigenvalue weighted by Gasteiger charge is 2.13. The fourth-order valence-corrected chi connectivity index (χ4v) is 3.08. The zero-order valence-corrected chi connectivity index (χ0v) is 17.1. The maximum Gasteiger partial charge on any atom is 0.191 e. The molecule has 1 heterocycles. The van der Waals surface area contributed by atoms with Gasteiger partial charge in [0, 0.05) is 31.9 Å². The second-order valence-corrected chi connectivity index (χ2v) is 7.02. The molecule has 2 rings (SSSR count). The minimum Gasteiger partial charge on any atom is -0.357 e. The Bertz CT molecular complexity index is 728. The third-order valence-electron chi connectivity index (χ3n) is 4.69. The lowest BCUT2D eigenvalue weighted by molar-refractivity contribution is 0.635. The molecule has 0 aliphatic carbocycles. The van der Waals surface area contributed by atoms with Gasteiger partial charge in [0.2, 0.25) is 0 Å². The number of aryl methyl sites for hydroxylation is 3. The van der Waals surface area contributed by atoms with Gasteiger partial charge in [0.05, 0.1) is 5.69 Å². The molecule has 2 N–H and O–H groups in total. The highest BCUT2D eigenvalue weighted by atomic mass is 15.3. The fourth-order valence-electron chi connectivity index (χ4n) is 3.08. The third kappa shape index (κ3) is 5.61. The van der Waals surface area contributed by atoms with Gasteiger partial charge in [0.15, 0.2) is 5.96 Å². The lowest BCUT2D eigenvalue weighted by atomic mass is 10.1. The van der Waals surface area contributed by atoms with Crippen molar-refractivity contribution in [1.82, 2.24) is 20.4 Å². The van der Waals surface area contributed by atoms with Gasteiger partial charge in [-0.05, 0) is 58.6 Å². The molecule has 1 aromatic heterocycles. The summed E-state index contributed by atoms with van der Waals surface area (Å²) in [7, 11) is 2.00. The third-order valence-corrected chi connectivity index (χ3v) is 4.69. The van der Waals surface area contributed by atoms with Crippen LogP contribution in [0, 0.1) is 20.8 Å². The number of aliphatic imine (C=N–C) groups is 1. The molecule has 1 aromatic carbocycles. The minimum atomic E-state index is 0.286. The SMILES string of the molecule is CCNC(=NCCc1ccc(C)cc1)NC(C)Cc1c(C)nn(C)c1C. The molecule has 0 saturated carbocycles. The van der Waals surface area contributed by atoms with Gasteiger partial charge in [0.1, 0.15) is 0 Å². The van der Waals surface area contributed by atoms with E-state index in [4.69, 9.17) is 4.99 Å². The molecule has 5 heteroatoms. The molecule has 26 heavy (non-hydrogen) atoms. The van der Waals surface area contributed by atoms with Crippen molar-refractivity contribution < 1.29 is 0 Å². The largest absolute Gasteiger partial charge is 0.357 e. The lowest BCUT2D eigenvalue weighted by Gasteiger charge is -2.18. The van der Waals surface area contributed by atoms with Crippen LogP contribution < -0.4 is 10.6 Å². The molecule has 1 atom stereocenters. The molecule has 142 valence electrons. The summed E-state index contributed by atoms with van der Waals surface area (Å²) in [5.41, 5.74) is 6.28. The Morgan fingerprint density at radius 3 is 2.46 bits per heavy atom. The van der Waals surface area contributed by atoms with Crippen molar-refractivity contribution in [1.29, 1.82) is 0 Å². The number of guanidine groups is 1. The molecular formula is C21H33N5. The minimum absolute atomic E-state index is 0.286. The van der Waals surface area contributed by atoms with E-state index in [0.29, 0.717) is 0 Å². The van der Waals surface area contributed by atoms with Gasteiger partial charge in [-0.25, -0.2) is 0 Å². The zero-order valence-electron chi connectivity index (χ0n) is 17.1. The van der Waals surface area contributed by atoms with Crippen molar-refractivity contribution in [2.24, 2.45) is 12.0 Å². The second kappa shape index (κ2) is 9.41. The van der Waals surface area contributed by atoms with Crippen molar-refractivity contribution in [3.63, 3.8) is 0 Å². The van der Waals surface area contributed by atoms with Crippen LogP contribution in [0.4, 0.5) is 0 Å². The van der Waals surface area contributed by atoms with Crippen LogP contribution in [-0.4, -0.2) is 34.9 Å². The topological polar surface area (TPSA) is 54.2 Å². The Balaban J connectivity index is 1.94. The molecular weight excluding hydrogens is 322 g/mol. The molecule has 0 amide bonds. The average Bonchev–Trinajstić information content (AvgIpc) is 2.83. The van der Waals surface area contributed by atoms with Crippen LogP contribution in [-0.2, 0) is 19.9 Å². The lowest BCUT2D eigenvalue weighted by Crippen LogP contribution is -2.43. The fraction of sp³-hybridized carbons (Fsp3) is 0.524. The molecule has 2 aromatic rings. The van der Waals surface area contributed by atoms with E-state index in [1.54, 1.807) is 0 Å². The van der Waals surface area contributed by atoms with E-state index in [2.05, 4.69) is 74.6 Å². The van der Waals surface area contributed by atoms with Crippen molar-refractivity contribution in [3.8, 4) is 0 Å². The maximum atomic E-state index is 4.74. The van der Waals surface area contributed by atoms with Gasteiger partial charge >= 0.3 is 0 Å². The zero-order chi connectivity index (χ0) is 19.1. The maximum absolute atomic E-state index is 4.74. The van der Waals surface area contributed by atoms with E-state index < -0.39 is 0 Å². The van der Waals surface area contributed by atoms with E-state index >= 15 is 0 Å². The number of benzene rings is 1. The van der Waals surface area contributed by atoms with Crippen molar-refractivity contribution >= 4 is 5.96 Å². The molecule has 0 bridgehead atoms. The van der Waals surface area contributed by atoms with E-state index in [9.17, 15) is 0 Å². The smallest absolute Gasteiger partial charge is 0.191 e. The summed E-state index contributed by atoms with van der Waals surface area (Å²) >= 11 is 0. The average molecular weight is 356 g/mol. The summed E-state index contributed by atoms with van der Waals surface area (Å²) in [6, 6.07) is 8.96. The number of hydrogen-bond acceptors (Lipinski definition) is 2. The number of rotatable bonds is 7. The van der Waals surface area contributed by atoms with Crippen molar-refractivity contribution in [2.45, 2.75) is 53.5 Å². The number of nitrogens with zero attached hydrogens (tertiary/aromatic N) is 3.